The Labute approximate surface area is 119 Å². The predicted molar refractivity (Wildman–Crippen MR) is 77.2 cm³/mol. The number of hydrogen-bond acceptors (Lipinski definition) is 5. The molecule has 0 bridgehead atoms. The van der Waals surface area contributed by atoms with Gasteiger partial charge in [-0.3, -0.25) is 0 Å². The highest BCUT2D eigenvalue weighted by Crippen LogP contribution is 2.22. The zero-order valence-electron chi connectivity index (χ0n) is 12.2. The van der Waals surface area contributed by atoms with Gasteiger partial charge in [0.2, 0.25) is 11.7 Å². The molecule has 5 nitrogen and oxygen atoms in total. The van der Waals surface area contributed by atoms with Gasteiger partial charge in [0.05, 0.1) is 6.04 Å². The smallest absolute Gasteiger partial charge is 0.243 e. The highest BCUT2D eigenvalue weighted by Gasteiger charge is 2.15. The number of hydrogen-bond donors (Lipinski definition) is 1. The highest BCUT2D eigenvalue weighted by molar-refractivity contribution is 5.54. The van der Waals surface area contributed by atoms with Crippen LogP contribution in [0.4, 0.5) is 0 Å². The summed E-state index contributed by atoms with van der Waals surface area (Å²) in [6.07, 6.45) is 0.657. The summed E-state index contributed by atoms with van der Waals surface area (Å²) in [6, 6.07) is 7.89. The highest BCUT2D eigenvalue weighted by atomic mass is 16.5. The number of benzene rings is 1. The zero-order valence-corrected chi connectivity index (χ0v) is 12.2. The van der Waals surface area contributed by atoms with Crippen LogP contribution in [-0.4, -0.2) is 23.9 Å². The summed E-state index contributed by atoms with van der Waals surface area (Å²) < 4.78 is 10.2. The quantitative estimate of drug-likeness (QED) is 0.877. The number of nitrogens with zero attached hydrogens (tertiary/aromatic N) is 2. The maximum atomic E-state index is 5.96. The molecule has 0 saturated carbocycles. The molecule has 1 aromatic carbocycles. The molecule has 5 heteroatoms. The molecular weight excluding hydrogens is 254 g/mol. The minimum atomic E-state index is -0.286. The Morgan fingerprint density at radius 2 is 1.95 bits per heavy atom. The fraction of sp³-hybridized carbons (Fsp3) is 0.467. The van der Waals surface area contributed by atoms with Gasteiger partial charge in [-0.1, -0.05) is 43.3 Å². The third kappa shape index (κ3) is 3.43. The van der Waals surface area contributed by atoms with E-state index >= 15 is 0 Å². The fourth-order valence-corrected chi connectivity index (χ4v) is 1.89. The lowest BCUT2D eigenvalue weighted by Gasteiger charge is -2.05. The summed E-state index contributed by atoms with van der Waals surface area (Å²) in [5.74, 6) is 1.53. The van der Waals surface area contributed by atoms with E-state index in [-0.39, 0.29) is 6.04 Å². The van der Waals surface area contributed by atoms with Crippen LogP contribution >= 0.6 is 0 Å². The van der Waals surface area contributed by atoms with Crippen molar-refractivity contribution in [2.75, 3.05) is 13.7 Å². The number of rotatable bonds is 6. The molecule has 0 saturated heterocycles. The van der Waals surface area contributed by atoms with Crippen molar-refractivity contribution in [1.82, 2.24) is 10.1 Å². The van der Waals surface area contributed by atoms with Crippen molar-refractivity contribution in [3.8, 4) is 11.4 Å². The molecule has 1 aromatic heterocycles. The Morgan fingerprint density at radius 3 is 2.55 bits per heavy atom. The van der Waals surface area contributed by atoms with Gasteiger partial charge in [-0.2, -0.15) is 4.98 Å². The molecule has 0 aliphatic rings. The number of methoxy groups -OCH3 is 1. The molecule has 1 heterocycles. The van der Waals surface area contributed by atoms with E-state index in [1.807, 2.05) is 12.1 Å². The molecular formula is C15H21N3O2. The first-order valence-electron chi connectivity index (χ1n) is 6.80. The second kappa shape index (κ2) is 6.63. The van der Waals surface area contributed by atoms with Crippen molar-refractivity contribution in [3.63, 3.8) is 0 Å². The van der Waals surface area contributed by atoms with Gasteiger partial charge in [0.1, 0.15) is 0 Å². The van der Waals surface area contributed by atoms with E-state index < -0.39 is 0 Å². The van der Waals surface area contributed by atoms with Crippen molar-refractivity contribution >= 4 is 0 Å². The molecule has 20 heavy (non-hydrogen) atoms. The van der Waals surface area contributed by atoms with Crippen molar-refractivity contribution in [3.05, 3.63) is 35.7 Å². The maximum Gasteiger partial charge on any atom is 0.243 e. The minimum absolute atomic E-state index is 0.286. The lowest BCUT2D eigenvalue weighted by Crippen LogP contribution is -2.12. The molecule has 2 rings (SSSR count). The van der Waals surface area contributed by atoms with Gasteiger partial charge in [0.25, 0.3) is 0 Å². The largest absolute Gasteiger partial charge is 0.385 e. The summed E-state index contributed by atoms with van der Waals surface area (Å²) in [6.45, 7) is 4.90. The lowest BCUT2D eigenvalue weighted by atomic mass is 10.0. The average molecular weight is 275 g/mol. The van der Waals surface area contributed by atoms with E-state index in [4.69, 9.17) is 15.0 Å². The Morgan fingerprint density at radius 1 is 1.25 bits per heavy atom. The molecule has 1 unspecified atom stereocenters. The molecule has 108 valence electrons. The summed E-state index contributed by atoms with van der Waals surface area (Å²) in [5.41, 5.74) is 8.18. The fourth-order valence-electron chi connectivity index (χ4n) is 1.89. The maximum absolute atomic E-state index is 5.96. The van der Waals surface area contributed by atoms with Crippen molar-refractivity contribution in [2.45, 2.75) is 32.2 Å². The van der Waals surface area contributed by atoms with Crippen LogP contribution in [0.2, 0.25) is 0 Å². The Balaban J connectivity index is 2.11. The normalized spacial score (nSPS) is 12.8. The molecule has 0 spiro atoms. The van der Waals surface area contributed by atoms with Gasteiger partial charge in [-0.05, 0) is 17.9 Å². The van der Waals surface area contributed by atoms with Crippen LogP contribution in [0.5, 0.6) is 0 Å². The first-order chi connectivity index (χ1) is 9.61. The minimum Gasteiger partial charge on any atom is -0.385 e. The summed E-state index contributed by atoms with van der Waals surface area (Å²) >= 11 is 0. The molecule has 0 aliphatic carbocycles. The average Bonchev–Trinajstić information content (AvgIpc) is 2.94. The SMILES string of the molecule is COCCC(N)c1nc(-c2ccc(C(C)C)cc2)no1. The van der Waals surface area contributed by atoms with E-state index in [0.29, 0.717) is 30.7 Å². The van der Waals surface area contributed by atoms with Crippen LogP contribution in [0, 0.1) is 0 Å². The Hall–Kier alpha value is -1.72. The first kappa shape index (κ1) is 14.7. The van der Waals surface area contributed by atoms with Crippen LogP contribution in [0.15, 0.2) is 28.8 Å². The van der Waals surface area contributed by atoms with E-state index in [1.54, 1.807) is 7.11 Å². The molecule has 0 radical (unpaired) electrons. The van der Waals surface area contributed by atoms with E-state index in [9.17, 15) is 0 Å². The topological polar surface area (TPSA) is 74.2 Å². The molecule has 2 aromatic rings. The lowest BCUT2D eigenvalue weighted by molar-refractivity contribution is 0.182. The third-order valence-corrected chi connectivity index (χ3v) is 3.23. The van der Waals surface area contributed by atoms with E-state index in [1.165, 1.54) is 5.56 Å². The molecule has 0 fully saturated rings. The van der Waals surface area contributed by atoms with Gasteiger partial charge in [-0.15, -0.1) is 0 Å². The van der Waals surface area contributed by atoms with Crippen LogP contribution in [0.3, 0.4) is 0 Å². The molecule has 0 aliphatic heterocycles. The van der Waals surface area contributed by atoms with Crippen molar-refractivity contribution in [1.29, 1.82) is 0 Å². The van der Waals surface area contributed by atoms with Crippen molar-refractivity contribution in [2.24, 2.45) is 5.73 Å². The second-order valence-electron chi connectivity index (χ2n) is 5.12. The second-order valence-corrected chi connectivity index (χ2v) is 5.12. The Bertz CT molecular complexity index is 534. The summed E-state index contributed by atoms with van der Waals surface area (Å²) in [4.78, 5) is 4.35. The van der Waals surface area contributed by atoms with Crippen LogP contribution < -0.4 is 5.73 Å². The predicted octanol–water partition coefficient (Wildman–Crippen LogP) is 2.90. The van der Waals surface area contributed by atoms with Gasteiger partial charge in [-0.25, -0.2) is 0 Å². The number of ether oxygens (including phenoxy) is 1. The van der Waals surface area contributed by atoms with Gasteiger partial charge < -0.3 is 15.0 Å². The van der Waals surface area contributed by atoms with Crippen LogP contribution in [-0.2, 0) is 4.74 Å². The standard InChI is InChI=1S/C15H21N3O2/c1-10(2)11-4-6-12(7-5-11)14-17-15(20-18-14)13(16)8-9-19-3/h4-7,10,13H,8-9,16H2,1-3H3. The van der Waals surface area contributed by atoms with Gasteiger partial charge in [0, 0.05) is 19.3 Å². The van der Waals surface area contributed by atoms with Crippen LogP contribution in [0.25, 0.3) is 11.4 Å². The summed E-state index contributed by atoms with van der Waals surface area (Å²) in [7, 11) is 1.64. The molecule has 1 atom stereocenters. The van der Waals surface area contributed by atoms with Gasteiger partial charge >= 0.3 is 0 Å². The van der Waals surface area contributed by atoms with Crippen LogP contribution in [0.1, 0.15) is 43.7 Å². The molecule has 0 amide bonds. The first-order valence-corrected chi connectivity index (χ1v) is 6.80. The number of aromatic nitrogens is 2. The summed E-state index contributed by atoms with van der Waals surface area (Å²) in [5, 5.41) is 3.98. The molecule has 2 N–H and O–H groups in total. The number of nitrogens with two attached hydrogens (primary N) is 1. The Kier molecular flexibility index (Phi) is 4.87. The zero-order chi connectivity index (χ0) is 14.5. The van der Waals surface area contributed by atoms with E-state index in [2.05, 4.69) is 36.1 Å². The third-order valence-electron chi connectivity index (χ3n) is 3.23. The van der Waals surface area contributed by atoms with E-state index in [0.717, 1.165) is 5.56 Å². The van der Waals surface area contributed by atoms with Crippen molar-refractivity contribution < 1.29 is 9.26 Å². The van der Waals surface area contributed by atoms with Gasteiger partial charge in [0.15, 0.2) is 0 Å². The monoisotopic (exact) mass is 275 g/mol.